The largest absolute Gasteiger partial charge is 0.497 e. The van der Waals surface area contributed by atoms with Crippen LogP contribution in [0, 0.1) is 0 Å². The Labute approximate surface area is 138 Å². The third-order valence-corrected chi connectivity index (χ3v) is 3.20. The van der Waals surface area contributed by atoms with Gasteiger partial charge in [-0.2, -0.15) is 0 Å². The van der Waals surface area contributed by atoms with Crippen molar-refractivity contribution in [1.82, 2.24) is 0 Å². The number of benzene rings is 2. The van der Waals surface area contributed by atoms with Crippen molar-refractivity contribution in [2.75, 3.05) is 14.2 Å². The highest BCUT2D eigenvalue weighted by atomic mass is 35.5. The molecule has 2 rings (SSSR count). The van der Waals surface area contributed by atoms with E-state index in [9.17, 15) is 4.79 Å². The lowest BCUT2D eigenvalue weighted by molar-refractivity contribution is 0.0515. The van der Waals surface area contributed by atoms with E-state index in [0.29, 0.717) is 27.6 Å². The second-order valence-corrected chi connectivity index (χ2v) is 4.87. The first kappa shape index (κ1) is 16.6. The van der Waals surface area contributed by atoms with Gasteiger partial charge in [-0.15, -0.1) is 0 Å². The number of nitrogens with two attached hydrogens (primary N) is 1. The molecule has 0 bridgehead atoms. The minimum absolute atomic E-state index is 0.0272. The maximum atomic E-state index is 12.0. The van der Waals surface area contributed by atoms with Gasteiger partial charge in [-0.25, -0.2) is 4.79 Å². The number of amidine groups is 1. The Hall–Kier alpha value is -2.73. The first-order valence-electron chi connectivity index (χ1n) is 6.58. The van der Waals surface area contributed by atoms with Crippen LogP contribution in [0.1, 0.15) is 15.9 Å². The molecule has 2 N–H and O–H groups in total. The summed E-state index contributed by atoms with van der Waals surface area (Å²) in [6, 6.07) is 11.4. The predicted octanol–water partition coefficient (Wildman–Crippen LogP) is 2.83. The second kappa shape index (κ2) is 7.51. The zero-order valence-electron chi connectivity index (χ0n) is 12.6. The van der Waals surface area contributed by atoms with E-state index in [2.05, 4.69) is 5.16 Å². The van der Waals surface area contributed by atoms with E-state index in [1.807, 2.05) is 0 Å². The van der Waals surface area contributed by atoms with Crippen molar-refractivity contribution < 1.29 is 19.1 Å². The van der Waals surface area contributed by atoms with Crippen LogP contribution in [-0.4, -0.2) is 26.0 Å². The Morgan fingerprint density at radius 3 is 2.61 bits per heavy atom. The standard InChI is InChI=1S/C16H15ClN2O4/c1-21-12-5-3-4-10(8-12)16(20)23-19-15(18)13-9-11(17)6-7-14(13)22-2/h3-9H,1-2H3,(H2,18,19). The summed E-state index contributed by atoms with van der Waals surface area (Å²) < 4.78 is 10.2. The summed E-state index contributed by atoms with van der Waals surface area (Å²) in [5, 5.41) is 4.10. The van der Waals surface area contributed by atoms with Crippen LogP contribution in [0.15, 0.2) is 47.6 Å². The SMILES string of the molecule is COc1cccc(C(=O)O/N=C(\N)c2cc(Cl)ccc2OC)c1. The van der Waals surface area contributed by atoms with Gasteiger partial charge in [0.1, 0.15) is 11.5 Å². The minimum Gasteiger partial charge on any atom is -0.497 e. The Morgan fingerprint density at radius 2 is 1.91 bits per heavy atom. The highest BCUT2D eigenvalue weighted by Gasteiger charge is 2.12. The summed E-state index contributed by atoms with van der Waals surface area (Å²) in [5.41, 5.74) is 6.55. The average Bonchev–Trinajstić information content (AvgIpc) is 2.59. The first-order chi connectivity index (χ1) is 11.0. The first-order valence-corrected chi connectivity index (χ1v) is 6.95. The van der Waals surface area contributed by atoms with E-state index < -0.39 is 5.97 Å². The fraction of sp³-hybridized carbons (Fsp3) is 0.125. The van der Waals surface area contributed by atoms with Gasteiger partial charge in [0, 0.05) is 5.02 Å². The maximum Gasteiger partial charge on any atom is 0.365 e. The molecule has 2 aromatic rings. The summed E-state index contributed by atoms with van der Waals surface area (Å²) in [6.07, 6.45) is 0. The van der Waals surface area contributed by atoms with Crippen molar-refractivity contribution in [2.45, 2.75) is 0 Å². The number of carbonyl (C=O) groups is 1. The normalized spacial score (nSPS) is 11.0. The van der Waals surface area contributed by atoms with E-state index in [0.717, 1.165) is 0 Å². The molecule has 7 heteroatoms. The molecule has 0 saturated heterocycles. The van der Waals surface area contributed by atoms with Crippen molar-refractivity contribution in [3.63, 3.8) is 0 Å². The van der Waals surface area contributed by atoms with Crippen LogP contribution in [0.3, 0.4) is 0 Å². The fourth-order valence-corrected chi connectivity index (χ4v) is 2.00. The van der Waals surface area contributed by atoms with Gasteiger partial charge in [-0.05, 0) is 36.4 Å². The summed E-state index contributed by atoms with van der Waals surface area (Å²) >= 11 is 5.92. The monoisotopic (exact) mass is 334 g/mol. The molecule has 23 heavy (non-hydrogen) atoms. The van der Waals surface area contributed by atoms with Gasteiger partial charge >= 0.3 is 5.97 Å². The highest BCUT2D eigenvalue weighted by molar-refractivity contribution is 6.31. The molecule has 0 atom stereocenters. The smallest absolute Gasteiger partial charge is 0.365 e. The Bertz CT molecular complexity index is 747. The van der Waals surface area contributed by atoms with Crippen LogP contribution in [0.25, 0.3) is 0 Å². The van der Waals surface area contributed by atoms with Crippen LogP contribution in [0.4, 0.5) is 0 Å². The van der Waals surface area contributed by atoms with Gasteiger partial charge < -0.3 is 20.0 Å². The fourth-order valence-electron chi connectivity index (χ4n) is 1.82. The molecule has 2 aromatic carbocycles. The number of carbonyl (C=O) groups excluding carboxylic acids is 1. The topological polar surface area (TPSA) is 83.1 Å². The highest BCUT2D eigenvalue weighted by Crippen LogP contribution is 2.22. The lowest BCUT2D eigenvalue weighted by Crippen LogP contribution is -2.16. The molecule has 0 radical (unpaired) electrons. The van der Waals surface area contributed by atoms with Gasteiger partial charge in [0.15, 0.2) is 5.84 Å². The number of rotatable bonds is 5. The van der Waals surface area contributed by atoms with Crippen LogP contribution in [-0.2, 0) is 4.84 Å². The maximum absolute atomic E-state index is 12.0. The summed E-state index contributed by atoms with van der Waals surface area (Å²) in [5.74, 6) is 0.314. The molecular formula is C16H15ClN2O4. The minimum atomic E-state index is -0.659. The Balaban J connectivity index is 2.18. The molecular weight excluding hydrogens is 320 g/mol. The van der Waals surface area contributed by atoms with Gasteiger partial charge in [0.2, 0.25) is 0 Å². The van der Waals surface area contributed by atoms with Crippen molar-refractivity contribution >= 4 is 23.4 Å². The summed E-state index contributed by atoms with van der Waals surface area (Å²) in [4.78, 5) is 16.8. The number of methoxy groups -OCH3 is 2. The molecule has 0 unspecified atom stereocenters. The Morgan fingerprint density at radius 1 is 1.13 bits per heavy atom. The number of hydrogen-bond acceptors (Lipinski definition) is 5. The number of ether oxygens (including phenoxy) is 2. The summed E-state index contributed by atoms with van der Waals surface area (Å²) in [7, 11) is 2.99. The van der Waals surface area contributed by atoms with E-state index >= 15 is 0 Å². The van der Waals surface area contributed by atoms with E-state index in [4.69, 9.17) is 31.6 Å². The molecule has 6 nitrogen and oxygen atoms in total. The number of halogens is 1. The van der Waals surface area contributed by atoms with Crippen LogP contribution in [0.2, 0.25) is 5.02 Å². The summed E-state index contributed by atoms with van der Waals surface area (Å²) in [6.45, 7) is 0. The number of nitrogens with zero attached hydrogens (tertiary/aromatic N) is 1. The van der Waals surface area contributed by atoms with Crippen LogP contribution < -0.4 is 15.2 Å². The zero-order chi connectivity index (χ0) is 16.8. The quantitative estimate of drug-likeness (QED) is 0.393. The second-order valence-electron chi connectivity index (χ2n) is 4.43. The zero-order valence-corrected chi connectivity index (χ0v) is 13.3. The van der Waals surface area contributed by atoms with E-state index in [-0.39, 0.29) is 5.84 Å². The van der Waals surface area contributed by atoms with E-state index in [1.165, 1.54) is 20.3 Å². The third-order valence-electron chi connectivity index (χ3n) is 2.97. The van der Waals surface area contributed by atoms with Gasteiger partial charge in [-0.3, -0.25) is 0 Å². The molecule has 0 aliphatic heterocycles. The molecule has 0 spiro atoms. The van der Waals surface area contributed by atoms with Crippen molar-refractivity contribution in [3.05, 3.63) is 58.6 Å². The van der Waals surface area contributed by atoms with Gasteiger partial charge in [0.05, 0.1) is 25.3 Å². The lowest BCUT2D eigenvalue weighted by atomic mass is 10.2. The molecule has 0 amide bonds. The number of oxime groups is 1. The molecule has 0 aliphatic rings. The van der Waals surface area contributed by atoms with Crippen molar-refractivity contribution in [1.29, 1.82) is 0 Å². The predicted molar refractivity (Wildman–Crippen MR) is 87.1 cm³/mol. The lowest BCUT2D eigenvalue weighted by Gasteiger charge is -2.08. The Kier molecular flexibility index (Phi) is 5.43. The van der Waals surface area contributed by atoms with Gasteiger partial charge in [-0.1, -0.05) is 22.8 Å². The average molecular weight is 335 g/mol. The van der Waals surface area contributed by atoms with Gasteiger partial charge in [0.25, 0.3) is 0 Å². The molecule has 0 aliphatic carbocycles. The molecule has 0 saturated carbocycles. The van der Waals surface area contributed by atoms with Crippen molar-refractivity contribution in [3.8, 4) is 11.5 Å². The number of hydrogen-bond donors (Lipinski definition) is 1. The molecule has 0 heterocycles. The molecule has 0 aromatic heterocycles. The van der Waals surface area contributed by atoms with Crippen LogP contribution in [0.5, 0.6) is 11.5 Å². The molecule has 120 valence electrons. The van der Waals surface area contributed by atoms with E-state index in [1.54, 1.807) is 36.4 Å². The molecule has 0 fully saturated rings. The third kappa shape index (κ3) is 4.14. The van der Waals surface area contributed by atoms with Crippen molar-refractivity contribution in [2.24, 2.45) is 10.9 Å². The van der Waals surface area contributed by atoms with Crippen LogP contribution >= 0.6 is 11.6 Å².